The highest BCUT2D eigenvalue weighted by atomic mass is 16.5. The quantitative estimate of drug-likeness (QED) is 0.612. The minimum atomic E-state index is -0.152. The Hall–Kier alpha value is -2.51. The number of carbonyl (C=O) groups is 1. The van der Waals surface area contributed by atoms with Crippen molar-refractivity contribution in [3.8, 4) is 0 Å². The molecule has 3 aromatic rings. The first-order chi connectivity index (χ1) is 12.1. The smallest absolute Gasteiger partial charge is 0.305 e. The van der Waals surface area contributed by atoms with Gasteiger partial charge in [0.05, 0.1) is 12.1 Å². The third-order valence-corrected chi connectivity index (χ3v) is 4.49. The molecule has 0 saturated heterocycles. The molecular formula is C17H24N6O2. The number of aromatic nitrogens is 6. The number of hydrogen-bond donors (Lipinski definition) is 0. The van der Waals surface area contributed by atoms with Crippen molar-refractivity contribution >= 4 is 22.6 Å². The Morgan fingerprint density at radius 3 is 2.76 bits per heavy atom. The largest absolute Gasteiger partial charge is 0.466 e. The Bertz CT molecular complexity index is 911. The molecule has 3 aromatic heterocycles. The van der Waals surface area contributed by atoms with E-state index < -0.39 is 0 Å². The summed E-state index contributed by atoms with van der Waals surface area (Å²) in [5, 5.41) is 12.0. The molecule has 0 aliphatic carbocycles. The Kier molecular flexibility index (Phi) is 4.96. The number of imidazole rings is 1. The van der Waals surface area contributed by atoms with Crippen LogP contribution in [0.25, 0.3) is 16.7 Å². The molecule has 0 aliphatic rings. The number of ether oxygens (including phenoxy) is 1. The first-order valence-electron chi connectivity index (χ1n) is 8.80. The highest BCUT2D eigenvalue weighted by molar-refractivity contribution is 5.91. The average molecular weight is 344 g/mol. The van der Waals surface area contributed by atoms with Crippen LogP contribution in [0.2, 0.25) is 0 Å². The predicted molar refractivity (Wildman–Crippen MR) is 93.4 cm³/mol. The first kappa shape index (κ1) is 17.3. The van der Waals surface area contributed by atoms with Crippen molar-refractivity contribution in [3.63, 3.8) is 0 Å². The molecule has 3 heterocycles. The van der Waals surface area contributed by atoms with Crippen LogP contribution in [0.1, 0.15) is 50.2 Å². The molecule has 0 unspecified atom stereocenters. The molecule has 3 rings (SSSR count). The van der Waals surface area contributed by atoms with Crippen molar-refractivity contribution in [2.75, 3.05) is 6.61 Å². The summed E-state index contributed by atoms with van der Waals surface area (Å²) in [5.74, 6) is 0.862. The van der Waals surface area contributed by atoms with Crippen molar-refractivity contribution in [2.24, 2.45) is 0 Å². The van der Waals surface area contributed by atoms with E-state index in [4.69, 9.17) is 9.72 Å². The van der Waals surface area contributed by atoms with Gasteiger partial charge in [-0.05, 0) is 49.6 Å². The zero-order valence-electron chi connectivity index (χ0n) is 15.2. The minimum absolute atomic E-state index is 0.152. The molecule has 0 saturated carbocycles. The van der Waals surface area contributed by atoms with Crippen LogP contribution in [0.5, 0.6) is 0 Å². The molecule has 0 fully saturated rings. The van der Waals surface area contributed by atoms with Gasteiger partial charge in [0.2, 0.25) is 5.65 Å². The molecule has 0 radical (unpaired) electrons. The van der Waals surface area contributed by atoms with Crippen LogP contribution < -0.4 is 0 Å². The van der Waals surface area contributed by atoms with Crippen molar-refractivity contribution in [2.45, 2.75) is 59.9 Å². The van der Waals surface area contributed by atoms with Gasteiger partial charge in [-0.25, -0.2) is 4.98 Å². The van der Waals surface area contributed by atoms with Crippen LogP contribution in [0, 0.1) is 13.8 Å². The number of aryl methyl sites for hydroxylation is 4. The molecule has 0 spiro atoms. The van der Waals surface area contributed by atoms with Gasteiger partial charge in [-0.1, -0.05) is 6.92 Å². The molecule has 25 heavy (non-hydrogen) atoms. The summed E-state index contributed by atoms with van der Waals surface area (Å²) in [4.78, 5) is 16.5. The summed E-state index contributed by atoms with van der Waals surface area (Å²) < 4.78 is 8.98. The number of pyridine rings is 1. The highest BCUT2D eigenvalue weighted by Crippen LogP contribution is 2.26. The number of fused-ring (bicyclic) bond motifs is 3. The third kappa shape index (κ3) is 3.08. The lowest BCUT2D eigenvalue weighted by molar-refractivity contribution is -0.143. The Balaban J connectivity index is 2.04. The lowest BCUT2D eigenvalue weighted by Crippen LogP contribution is -2.09. The molecule has 8 nitrogen and oxygen atoms in total. The van der Waals surface area contributed by atoms with E-state index in [0.717, 1.165) is 53.9 Å². The molecule has 0 aromatic carbocycles. The third-order valence-electron chi connectivity index (χ3n) is 4.49. The summed E-state index contributed by atoms with van der Waals surface area (Å²) >= 11 is 0. The van der Waals surface area contributed by atoms with E-state index in [1.165, 1.54) is 0 Å². The van der Waals surface area contributed by atoms with Crippen molar-refractivity contribution in [3.05, 3.63) is 17.1 Å². The van der Waals surface area contributed by atoms with Crippen LogP contribution in [0.3, 0.4) is 0 Å². The number of esters is 1. The second-order valence-corrected chi connectivity index (χ2v) is 6.16. The predicted octanol–water partition coefficient (Wildman–Crippen LogP) is 2.39. The van der Waals surface area contributed by atoms with Gasteiger partial charge in [0, 0.05) is 25.1 Å². The van der Waals surface area contributed by atoms with Crippen molar-refractivity contribution < 1.29 is 9.53 Å². The van der Waals surface area contributed by atoms with E-state index in [1.54, 1.807) is 4.52 Å². The number of carbonyl (C=O) groups excluding carboxylic acids is 1. The van der Waals surface area contributed by atoms with Gasteiger partial charge in [-0.2, -0.15) is 4.52 Å². The zero-order chi connectivity index (χ0) is 18.0. The average Bonchev–Trinajstić information content (AvgIpc) is 3.19. The Morgan fingerprint density at radius 1 is 1.24 bits per heavy atom. The molecule has 0 amide bonds. The lowest BCUT2D eigenvalue weighted by atomic mass is 10.2. The zero-order valence-corrected chi connectivity index (χ0v) is 15.2. The summed E-state index contributed by atoms with van der Waals surface area (Å²) in [6.07, 6.45) is 3.00. The minimum Gasteiger partial charge on any atom is -0.466 e. The lowest BCUT2D eigenvalue weighted by Gasteiger charge is -2.11. The van der Waals surface area contributed by atoms with Crippen molar-refractivity contribution in [1.29, 1.82) is 0 Å². The van der Waals surface area contributed by atoms with Gasteiger partial charge in [-0.15, -0.1) is 5.10 Å². The standard InChI is InChI=1S/C17H24N6O2/c1-5-8-13-18-15-16(22(13)10-7-9-14(24)25-6-2)11(3)12(4)23-17(15)19-20-21-23/h5-10H2,1-4H3. The van der Waals surface area contributed by atoms with E-state index in [-0.39, 0.29) is 5.97 Å². The summed E-state index contributed by atoms with van der Waals surface area (Å²) in [7, 11) is 0. The normalized spacial score (nSPS) is 11.5. The molecule has 8 heteroatoms. The topological polar surface area (TPSA) is 87.2 Å². The molecular weight excluding hydrogens is 320 g/mol. The maximum absolute atomic E-state index is 11.6. The molecule has 0 N–H and O–H groups in total. The number of hydrogen-bond acceptors (Lipinski definition) is 6. The highest BCUT2D eigenvalue weighted by Gasteiger charge is 2.19. The first-order valence-corrected chi connectivity index (χ1v) is 8.80. The number of tetrazole rings is 1. The van der Waals surface area contributed by atoms with Crippen LogP contribution >= 0.6 is 0 Å². The van der Waals surface area contributed by atoms with Crippen LogP contribution in [0.15, 0.2) is 0 Å². The van der Waals surface area contributed by atoms with Crippen molar-refractivity contribution in [1.82, 2.24) is 29.6 Å². The second-order valence-electron chi connectivity index (χ2n) is 6.16. The van der Waals surface area contributed by atoms with Gasteiger partial charge in [0.1, 0.15) is 11.3 Å². The van der Waals surface area contributed by atoms with E-state index in [2.05, 4.69) is 33.9 Å². The number of rotatable bonds is 7. The van der Waals surface area contributed by atoms with Gasteiger partial charge in [0.25, 0.3) is 0 Å². The maximum atomic E-state index is 11.6. The van der Waals surface area contributed by atoms with Crippen LogP contribution in [0.4, 0.5) is 0 Å². The monoisotopic (exact) mass is 344 g/mol. The van der Waals surface area contributed by atoms with Gasteiger partial charge >= 0.3 is 5.97 Å². The summed E-state index contributed by atoms with van der Waals surface area (Å²) in [6, 6.07) is 0. The van der Waals surface area contributed by atoms with Gasteiger partial charge in [0.15, 0.2) is 0 Å². The fourth-order valence-electron chi connectivity index (χ4n) is 3.20. The SMILES string of the molecule is CCCc1nc2c(c(C)c(C)n3nnnc23)n1CCCC(=O)OCC. The fourth-order valence-corrected chi connectivity index (χ4v) is 3.20. The molecule has 134 valence electrons. The number of nitrogens with zero attached hydrogens (tertiary/aromatic N) is 6. The Morgan fingerprint density at radius 2 is 2.04 bits per heavy atom. The van der Waals surface area contributed by atoms with Crippen LogP contribution in [-0.4, -0.2) is 42.2 Å². The summed E-state index contributed by atoms with van der Waals surface area (Å²) in [6.45, 7) is 9.18. The summed E-state index contributed by atoms with van der Waals surface area (Å²) in [5.41, 5.74) is 4.68. The Labute approximate surface area is 146 Å². The van der Waals surface area contributed by atoms with Crippen LogP contribution in [-0.2, 0) is 22.5 Å². The maximum Gasteiger partial charge on any atom is 0.305 e. The molecule has 0 atom stereocenters. The van der Waals surface area contributed by atoms with E-state index >= 15 is 0 Å². The van der Waals surface area contributed by atoms with E-state index in [0.29, 0.717) is 18.7 Å². The van der Waals surface area contributed by atoms with Gasteiger partial charge in [-0.3, -0.25) is 4.79 Å². The van der Waals surface area contributed by atoms with E-state index in [9.17, 15) is 4.79 Å². The molecule has 0 aliphatic heterocycles. The van der Waals surface area contributed by atoms with E-state index in [1.807, 2.05) is 13.8 Å². The second kappa shape index (κ2) is 7.16. The molecule has 0 bridgehead atoms. The van der Waals surface area contributed by atoms with Gasteiger partial charge < -0.3 is 9.30 Å². The fraction of sp³-hybridized carbons (Fsp3) is 0.588.